The van der Waals surface area contributed by atoms with Crippen molar-refractivity contribution in [1.82, 2.24) is 4.90 Å². The molecule has 1 amide bonds. The van der Waals surface area contributed by atoms with Crippen LogP contribution in [0.2, 0.25) is 0 Å². The molecule has 2 rings (SSSR count). The summed E-state index contributed by atoms with van der Waals surface area (Å²) in [5.41, 5.74) is -0.459. The molecule has 2 aliphatic rings. The quantitative estimate of drug-likeness (QED) is 0.721. The van der Waals surface area contributed by atoms with Crippen LogP contribution in [0.4, 0.5) is 4.79 Å². The largest absolute Gasteiger partial charge is 0.479 e. The van der Waals surface area contributed by atoms with Crippen molar-refractivity contribution in [3.63, 3.8) is 0 Å². The number of hydrogen-bond donors (Lipinski definition) is 0. The van der Waals surface area contributed by atoms with Crippen LogP contribution in [0.15, 0.2) is 4.99 Å². The van der Waals surface area contributed by atoms with Gasteiger partial charge < -0.3 is 9.47 Å². The van der Waals surface area contributed by atoms with Crippen molar-refractivity contribution < 1.29 is 14.3 Å². The molecule has 0 bridgehead atoms. The minimum Gasteiger partial charge on any atom is -0.479 e. The second-order valence-corrected chi connectivity index (χ2v) is 5.75. The Labute approximate surface area is 108 Å². The fourth-order valence-electron chi connectivity index (χ4n) is 2.24. The molecule has 5 heteroatoms. The molecule has 0 N–H and O–H groups in total. The van der Waals surface area contributed by atoms with Gasteiger partial charge in [0.2, 0.25) is 5.90 Å². The van der Waals surface area contributed by atoms with Gasteiger partial charge in [-0.2, -0.15) is 0 Å². The van der Waals surface area contributed by atoms with Gasteiger partial charge in [0, 0.05) is 19.5 Å². The van der Waals surface area contributed by atoms with Crippen LogP contribution in [0.3, 0.4) is 0 Å². The Morgan fingerprint density at radius 2 is 2.22 bits per heavy atom. The minimum absolute atomic E-state index is 0.0276. The molecule has 0 aliphatic carbocycles. The standard InChI is InChI=1S/C13H22N2O3/c1-13(2,3)18-12(16)15-8-4-6-10(15)11-14-7-5-9-17-11/h10H,4-9H2,1-3H3/t10-/m0/s1. The van der Waals surface area contributed by atoms with Crippen molar-refractivity contribution in [1.29, 1.82) is 0 Å². The molecule has 0 saturated carbocycles. The number of amides is 1. The molecule has 0 aromatic heterocycles. The smallest absolute Gasteiger partial charge is 0.410 e. The van der Waals surface area contributed by atoms with Crippen LogP contribution < -0.4 is 0 Å². The van der Waals surface area contributed by atoms with Gasteiger partial charge in [0.15, 0.2) is 0 Å². The van der Waals surface area contributed by atoms with Crippen LogP contribution in [0.25, 0.3) is 0 Å². The van der Waals surface area contributed by atoms with Crippen LogP contribution in [-0.4, -0.2) is 48.2 Å². The zero-order valence-corrected chi connectivity index (χ0v) is 11.4. The monoisotopic (exact) mass is 254 g/mol. The number of ether oxygens (including phenoxy) is 2. The molecule has 1 fully saturated rings. The molecular formula is C13H22N2O3. The average molecular weight is 254 g/mol. The van der Waals surface area contributed by atoms with E-state index in [1.54, 1.807) is 4.90 Å². The molecule has 0 radical (unpaired) electrons. The Morgan fingerprint density at radius 1 is 1.44 bits per heavy atom. The predicted molar refractivity (Wildman–Crippen MR) is 68.8 cm³/mol. The Balaban J connectivity index is 2.03. The van der Waals surface area contributed by atoms with Crippen LogP contribution in [0.1, 0.15) is 40.0 Å². The highest BCUT2D eigenvalue weighted by Crippen LogP contribution is 2.23. The maximum Gasteiger partial charge on any atom is 0.410 e. The normalized spacial score (nSPS) is 24.5. The number of carbonyl (C=O) groups is 1. The summed E-state index contributed by atoms with van der Waals surface area (Å²) in [5, 5.41) is 0. The first kappa shape index (κ1) is 13.2. The maximum atomic E-state index is 12.1. The molecule has 5 nitrogen and oxygen atoms in total. The lowest BCUT2D eigenvalue weighted by atomic mass is 10.2. The van der Waals surface area contributed by atoms with Crippen molar-refractivity contribution in [2.75, 3.05) is 19.7 Å². The summed E-state index contributed by atoms with van der Waals surface area (Å²) in [6, 6.07) is -0.0276. The highest BCUT2D eigenvalue weighted by Gasteiger charge is 2.36. The molecular weight excluding hydrogens is 232 g/mol. The van der Waals surface area contributed by atoms with E-state index in [1.807, 2.05) is 20.8 Å². The van der Waals surface area contributed by atoms with Gasteiger partial charge in [-0.15, -0.1) is 0 Å². The molecule has 2 heterocycles. The third-order valence-corrected chi connectivity index (χ3v) is 2.99. The second kappa shape index (κ2) is 5.16. The van der Waals surface area contributed by atoms with Crippen molar-refractivity contribution >= 4 is 12.0 Å². The Morgan fingerprint density at radius 3 is 2.83 bits per heavy atom. The molecule has 0 aromatic carbocycles. The summed E-state index contributed by atoms with van der Waals surface area (Å²) in [6.07, 6.45) is 2.59. The molecule has 1 atom stereocenters. The van der Waals surface area contributed by atoms with Gasteiger partial charge in [0.1, 0.15) is 11.6 Å². The lowest BCUT2D eigenvalue weighted by molar-refractivity contribution is 0.0250. The summed E-state index contributed by atoms with van der Waals surface area (Å²) in [7, 11) is 0. The predicted octanol–water partition coefficient (Wildman–Crippen LogP) is 2.20. The van der Waals surface area contributed by atoms with E-state index in [2.05, 4.69) is 4.99 Å². The SMILES string of the molecule is CC(C)(C)OC(=O)N1CCC[C@H]1C1=NCCCO1. The molecule has 0 spiro atoms. The van der Waals surface area contributed by atoms with E-state index in [0.717, 1.165) is 32.4 Å². The zero-order chi connectivity index (χ0) is 13.2. The molecule has 2 aliphatic heterocycles. The number of rotatable bonds is 1. The average Bonchev–Trinajstić information content (AvgIpc) is 2.76. The summed E-state index contributed by atoms with van der Waals surface area (Å²) in [4.78, 5) is 18.2. The van der Waals surface area contributed by atoms with E-state index in [0.29, 0.717) is 12.5 Å². The summed E-state index contributed by atoms with van der Waals surface area (Å²) in [5.74, 6) is 0.713. The van der Waals surface area contributed by atoms with Crippen molar-refractivity contribution in [2.24, 2.45) is 4.99 Å². The van der Waals surface area contributed by atoms with Crippen molar-refractivity contribution in [2.45, 2.75) is 51.7 Å². The highest BCUT2D eigenvalue weighted by molar-refractivity contribution is 5.86. The third-order valence-electron chi connectivity index (χ3n) is 2.99. The van der Waals surface area contributed by atoms with E-state index < -0.39 is 5.60 Å². The second-order valence-electron chi connectivity index (χ2n) is 5.75. The molecule has 18 heavy (non-hydrogen) atoms. The van der Waals surface area contributed by atoms with Gasteiger partial charge >= 0.3 is 6.09 Å². The van der Waals surface area contributed by atoms with Gasteiger partial charge in [-0.1, -0.05) is 0 Å². The van der Waals surface area contributed by atoms with Crippen LogP contribution in [0.5, 0.6) is 0 Å². The minimum atomic E-state index is -0.459. The van der Waals surface area contributed by atoms with E-state index in [-0.39, 0.29) is 12.1 Å². The van der Waals surface area contributed by atoms with E-state index in [4.69, 9.17) is 9.47 Å². The highest BCUT2D eigenvalue weighted by atomic mass is 16.6. The Hall–Kier alpha value is -1.26. The zero-order valence-electron chi connectivity index (χ0n) is 11.4. The molecule has 0 aromatic rings. The summed E-state index contributed by atoms with van der Waals surface area (Å²) < 4.78 is 11.0. The molecule has 102 valence electrons. The van der Waals surface area contributed by atoms with Crippen LogP contribution in [-0.2, 0) is 9.47 Å². The first-order valence-corrected chi connectivity index (χ1v) is 6.64. The van der Waals surface area contributed by atoms with E-state index in [9.17, 15) is 4.79 Å². The third kappa shape index (κ3) is 3.15. The van der Waals surface area contributed by atoms with E-state index >= 15 is 0 Å². The maximum absolute atomic E-state index is 12.1. The van der Waals surface area contributed by atoms with Gasteiger partial charge in [0.05, 0.1) is 6.61 Å². The topological polar surface area (TPSA) is 51.1 Å². The molecule has 0 unspecified atom stereocenters. The van der Waals surface area contributed by atoms with Crippen molar-refractivity contribution in [3.05, 3.63) is 0 Å². The fraction of sp³-hybridized carbons (Fsp3) is 0.846. The lowest BCUT2D eigenvalue weighted by Crippen LogP contribution is -2.44. The lowest BCUT2D eigenvalue weighted by Gasteiger charge is -2.29. The number of aliphatic imine (C=N–C) groups is 1. The number of likely N-dealkylation sites (tertiary alicyclic amines) is 1. The van der Waals surface area contributed by atoms with Gasteiger partial charge in [0.25, 0.3) is 0 Å². The molecule has 1 saturated heterocycles. The first-order chi connectivity index (χ1) is 8.47. The number of carbonyl (C=O) groups excluding carboxylic acids is 1. The number of hydrogen-bond acceptors (Lipinski definition) is 4. The van der Waals surface area contributed by atoms with Gasteiger partial charge in [-0.25, -0.2) is 4.79 Å². The summed E-state index contributed by atoms with van der Waals surface area (Å²) in [6.45, 7) is 7.87. The van der Waals surface area contributed by atoms with Crippen LogP contribution >= 0.6 is 0 Å². The number of nitrogens with zero attached hydrogens (tertiary/aromatic N) is 2. The Kier molecular flexibility index (Phi) is 3.78. The van der Waals surface area contributed by atoms with Gasteiger partial charge in [-0.05, 0) is 33.6 Å². The van der Waals surface area contributed by atoms with Gasteiger partial charge in [-0.3, -0.25) is 9.89 Å². The van der Waals surface area contributed by atoms with Crippen LogP contribution in [0, 0.1) is 0 Å². The van der Waals surface area contributed by atoms with Crippen molar-refractivity contribution in [3.8, 4) is 0 Å². The Bertz CT molecular complexity index is 347. The van der Waals surface area contributed by atoms with E-state index in [1.165, 1.54) is 0 Å². The summed E-state index contributed by atoms with van der Waals surface area (Å²) >= 11 is 0. The first-order valence-electron chi connectivity index (χ1n) is 6.64. The fourth-order valence-corrected chi connectivity index (χ4v) is 2.24.